The number of methoxy groups -OCH3 is 1. The molecular formula is C26H21NO6. The van der Waals surface area contributed by atoms with Crippen molar-refractivity contribution in [1.82, 2.24) is 0 Å². The predicted molar refractivity (Wildman–Crippen MR) is 116 cm³/mol. The number of carbonyl (C=O) groups excluding carboxylic acids is 4. The molecule has 2 aromatic rings. The molecule has 7 nitrogen and oxygen atoms in total. The maximum atomic E-state index is 13.2. The Morgan fingerprint density at radius 2 is 1.30 bits per heavy atom. The van der Waals surface area contributed by atoms with Crippen LogP contribution < -0.4 is 9.64 Å². The number of imide groups is 1. The fourth-order valence-corrected chi connectivity index (χ4v) is 5.90. The van der Waals surface area contributed by atoms with Crippen LogP contribution in [0.4, 0.5) is 5.69 Å². The van der Waals surface area contributed by atoms with Crippen LogP contribution in [0.15, 0.2) is 60.7 Å². The molecule has 2 amide bonds. The highest BCUT2D eigenvalue weighted by Crippen LogP contribution is 2.65. The third-order valence-corrected chi connectivity index (χ3v) is 7.51. The van der Waals surface area contributed by atoms with Gasteiger partial charge < -0.3 is 9.47 Å². The Kier molecular flexibility index (Phi) is 4.30. The van der Waals surface area contributed by atoms with Crippen molar-refractivity contribution in [3.63, 3.8) is 0 Å². The lowest BCUT2D eigenvalue weighted by Crippen LogP contribution is -2.40. The normalized spacial score (nSPS) is 30.6. The number of hydrogen-bond acceptors (Lipinski definition) is 6. The second-order valence-corrected chi connectivity index (χ2v) is 9.12. The number of esters is 2. The van der Waals surface area contributed by atoms with Gasteiger partial charge in [0.1, 0.15) is 5.75 Å². The molecule has 5 aliphatic rings. The molecule has 1 saturated heterocycles. The van der Waals surface area contributed by atoms with E-state index in [0.29, 0.717) is 23.1 Å². The molecule has 0 radical (unpaired) electrons. The van der Waals surface area contributed by atoms with Crippen molar-refractivity contribution in [2.24, 2.45) is 35.5 Å². The molecule has 1 aliphatic heterocycles. The van der Waals surface area contributed by atoms with Crippen LogP contribution in [0, 0.1) is 35.5 Å². The molecule has 2 saturated carbocycles. The number of anilines is 1. The first-order valence-electron chi connectivity index (χ1n) is 11.0. The van der Waals surface area contributed by atoms with Crippen molar-refractivity contribution in [2.75, 3.05) is 12.0 Å². The van der Waals surface area contributed by atoms with Gasteiger partial charge in [-0.25, -0.2) is 9.59 Å². The summed E-state index contributed by atoms with van der Waals surface area (Å²) in [5.41, 5.74) is 1.12. The number of carbonyl (C=O) groups is 4. The average Bonchev–Trinajstić information content (AvgIpc) is 3.62. The molecule has 7 rings (SSSR count). The number of ether oxygens (including phenoxy) is 2. The first kappa shape index (κ1) is 19.9. The van der Waals surface area contributed by atoms with Gasteiger partial charge in [0, 0.05) is 0 Å². The number of nitrogens with zero attached hydrogens (tertiary/aromatic N) is 1. The largest absolute Gasteiger partial charge is 0.465 e. The molecule has 0 spiro atoms. The number of rotatable bonds is 4. The number of hydrogen-bond donors (Lipinski definition) is 0. The van der Waals surface area contributed by atoms with Crippen molar-refractivity contribution in [3.8, 4) is 5.75 Å². The highest BCUT2D eigenvalue weighted by atomic mass is 16.5. The summed E-state index contributed by atoms with van der Waals surface area (Å²) in [6.45, 7) is 0. The van der Waals surface area contributed by atoms with Crippen molar-refractivity contribution >= 4 is 29.4 Å². The summed E-state index contributed by atoms with van der Waals surface area (Å²) in [6.07, 6.45) is 5.41. The number of benzene rings is 2. The quantitative estimate of drug-likeness (QED) is 0.312. The molecule has 1 heterocycles. The first-order valence-corrected chi connectivity index (χ1v) is 11.0. The SMILES string of the molecule is COC(=O)c1ccc(OC(=O)c2ccc(N3C(=O)[C@H]4[C@@H]5C=C[C@@H]([C@H]6C[C@H]56)[C@@H]4C3=O)cc2)cc1. The Morgan fingerprint density at radius 1 is 0.788 bits per heavy atom. The van der Waals surface area contributed by atoms with Gasteiger partial charge in [-0.05, 0) is 78.6 Å². The Bertz CT molecular complexity index is 1180. The van der Waals surface area contributed by atoms with E-state index >= 15 is 0 Å². The topological polar surface area (TPSA) is 90.0 Å². The molecule has 2 aromatic carbocycles. The molecule has 0 aromatic heterocycles. The van der Waals surface area contributed by atoms with Gasteiger partial charge in [0.05, 0.1) is 35.8 Å². The van der Waals surface area contributed by atoms with Gasteiger partial charge in [-0.3, -0.25) is 14.5 Å². The Morgan fingerprint density at radius 3 is 1.85 bits per heavy atom. The van der Waals surface area contributed by atoms with E-state index in [4.69, 9.17) is 4.74 Å². The lowest BCUT2D eigenvalue weighted by atomic mass is 9.63. The maximum Gasteiger partial charge on any atom is 0.343 e. The summed E-state index contributed by atoms with van der Waals surface area (Å²) < 4.78 is 10.0. The first-order chi connectivity index (χ1) is 16.0. The van der Waals surface area contributed by atoms with Gasteiger partial charge in [0.25, 0.3) is 0 Å². The molecule has 33 heavy (non-hydrogen) atoms. The summed E-state index contributed by atoms with van der Waals surface area (Å²) >= 11 is 0. The zero-order valence-electron chi connectivity index (χ0n) is 17.8. The summed E-state index contributed by atoms with van der Waals surface area (Å²) in [5, 5.41) is 0. The van der Waals surface area contributed by atoms with Crippen LogP contribution in [0.2, 0.25) is 0 Å². The van der Waals surface area contributed by atoms with Gasteiger partial charge in [-0.1, -0.05) is 12.2 Å². The molecule has 0 N–H and O–H groups in total. The minimum Gasteiger partial charge on any atom is -0.465 e. The number of amides is 2. The van der Waals surface area contributed by atoms with E-state index in [1.165, 1.54) is 36.3 Å². The molecular weight excluding hydrogens is 422 g/mol. The summed E-state index contributed by atoms with van der Waals surface area (Å²) in [5.74, 6) is -0.0925. The van der Waals surface area contributed by atoms with Crippen LogP contribution in [0.5, 0.6) is 5.75 Å². The maximum absolute atomic E-state index is 13.2. The third kappa shape index (κ3) is 2.95. The van der Waals surface area contributed by atoms with Crippen LogP contribution in [0.1, 0.15) is 27.1 Å². The van der Waals surface area contributed by atoms with Crippen molar-refractivity contribution < 1.29 is 28.7 Å². The molecule has 166 valence electrons. The van der Waals surface area contributed by atoms with Gasteiger partial charge >= 0.3 is 11.9 Å². The minimum atomic E-state index is -0.581. The van der Waals surface area contributed by atoms with Gasteiger partial charge in [-0.2, -0.15) is 0 Å². The third-order valence-electron chi connectivity index (χ3n) is 7.51. The zero-order chi connectivity index (χ0) is 22.9. The highest BCUT2D eigenvalue weighted by Gasteiger charge is 2.67. The summed E-state index contributed by atoms with van der Waals surface area (Å²) in [7, 11) is 1.29. The lowest BCUT2D eigenvalue weighted by molar-refractivity contribution is -0.124. The summed E-state index contributed by atoms with van der Waals surface area (Å²) in [6, 6.07) is 12.4. The van der Waals surface area contributed by atoms with Gasteiger partial charge in [-0.15, -0.1) is 0 Å². The Balaban J connectivity index is 1.18. The molecule has 2 bridgehead atoms. The Hall–Kier alpha value is -3.74. The highest BCUT2D eigenvalue weighted by molar-refractivity contribution is 6.22. The second-order valence-electron chi connectivity index (χ2n) is 9.12. The standard InChI is InChI=1S/C26H21NO6/c1-32-25(30)13-4-8-16(9-5-13)33-26(31)14-2-6-15(7-3-14)27-23(28)21-17-10-11-18(20-12-19(17)20)22(21)24(27)29/h2-11,17-22H,12H2,1H3/t17-,18+,19-,20-,21+,22+/m1/s1. The Labute approximate surface area is 190 Å². The van der Waals surface area contributed by atoms with Crippen molar-refractivity contribution in [3.05, 3.63) is 71.8 Å². The smallest absolute Gasteiger partial charge is 0.343 e. The van der Waals surface area contributed by atoms with Crippen LogP contribution in [0.3, 0.4) is 0 Å². The van der Waals surface area contributed by atoms with E-state index in [0.717, 1.165) is 6.42 Å². The van der Waals surface area contributed by atoms with E-state index in [1.807, 2.05) is 0 Å². The van der Waals surface area contributed by atoms with Crippen molar-refractivity contribution in [2.45, 2.75) is 6.42 Å². The molecule has 6 atom stereocenters. The fourth-order valence-electron chi connectivity index (χ4n) is 5.90. The van der Waals surface area contributed by atoms with Crippen molar-refractivity contribution in [1.29, 1.82) is 0 Å². The lowest BCUT2D eigenvalue weighted by Gasteiger charge is -2.37. The van der Waals surface area contributed by atoms with E-state index in [2.05, 4.69) is 16.9 Å². The summed E-state index contributed by atoms with van der Waals surface area (Å²) in [4.78, 5) is 51.7. The zero-order valence-corrected chi connectivity index (χ0v) is 17.8. The van der Waals surface area contributed by atoms with E-state index in [-0.39, 0.29) is 46.8 Å². The fraction of sp³-hybridized carbons (Fsp3) is 0.308. The molecule has 4 aliphatic carbocycles. The van der Waals surface area contributed by atoms with Gasteiger partial charge in [0.2, 0.25) is 11.8 Å². The van der Waals surface area contributed by atoms with Crippen LogP contribution in [0.25, 0.3) is 0 Å². The molecule has 0 unspecified atom stereocenters. The van der Waals surface area contributed by atoms with Crippen LogP contribution in [-0.4, -0.2) is 30.9 Å². The average molecular weight is 443 g/mol. The second kappa shape index (κ2) is 7.13. The van der Waals surface area contributed by atoms with Gasteiger partial charge in [0.15, 0.2) is 0 Å². The monoisotopic (exact) mass is 443 g/mol. The van der Waals surface area contributed by atoms with E-state index in [9.17, 15) is 19.2 Å². The van der Waals surface area contributed by atoms with Crippen LogP contribution in [-0.2, 0) is 14.3 Å². The molecule has 7 heteroatoms. The molecule has 3 fully saturated rings. The van der Waals surface area contributed by atoms with E-state index in [1.54, 1.807) is 24.3 Å². The predicted octanol–water partition coefficient (Wildman–Crippen LogP) is 3.25. The minimum absolute atomic E-state index is 0.129. The van der Waals surface area contributed by atoms with E-state index < -0.39 is 11.9 Å². The number of allylic oxidation sites excluding steroid dienone is 2. The van der Waals surface area contributed by atoms with Crippen LogP contribution >= 0.6 is 0 Å².